The van der Waals surface area contributed by atoms with E-state index < -0.39 is 4.92 Å². The van der Waals surface area contributed by atoms with E-state index in [1.54, 1.807) is 37.3 Å². The van der Waals surface area contributed by atoms with Crippen molar-refractivity contribution in [3.63, 3.8) is 0 Å². The van der Waals surface area contributed by atoms with Crippen LogP contribution >= 0.6 is 0 Å². The van der Waals surface area contributed by atoms with Crippen molar-refractivity contribution in [1.29, 1.82) is 0 Å². The lowest BCUT2D eigenvalue weighted by molar-refractivity contribution is -0.384. The molecule has 2 rings (SSSR count). The summed E-state index contributed by atoms with van der Waals surface area (Å²) in [5.41, 5.74) is 6.68. The number of nitrogens with two attached hydrogens (primary N) is 1. The lowest BCUT2D eigenvalue weighted by Crippen LogP contribution is -2.10. The predicted molar refractivity (Wildman–Crippen MR) is 79.9 cm³/mol. The van der Waals surface area contributed by atoms with Crippen LogP contribution in [0.4, 0.5) is 17.2 Å². The minimum Gasteiger partial charge on any atom is -0.492 e. The van der Waals surface area contributed by atoms with Crippen LogP contribution in [0.2, 0.25) is 0 Å². The third kappa shape index (κ3) is 3.90. The van der Waals surface area contributed by atoms with Gasteiger partial charge in [0, 0.05) is 24.0 Å². The summed E-state index contributed by atoms with van der Waals surface area (Å²) in [4.78, 5) is 14.7. The highest BCUT2D eigenvalue weighted by Gasteiger charge is 2.15. The summed E-state index contributed by atoms with van der Waals surface area (Å²) in [5, 5.41) is 13.9. The average molecular weight is 288 g/mol. The number of ether oxygens (including phenoxy) is 1. The molecule has 0 saturated heterocycles. The highest BCUT2D eigenvalue weighted by Crippen LogP contribution is 2.26. The van der Waals surface area contributed by atoms with Gasteiger partial charge >= 0.3 is 5.69 Å². The second-order valence-electron chi connectivity index (χ2n) is 4.36. The summed E-state index contributed by atoms with van der Waals surface area (Å²) in [6, 6.07) is 10.1. The van der Waals surface area contributed by atoms with Gasteiger partial charge in [0.2, 0.25) is 5.82 Å². The van der Waals surface area contributed by atoms with Crippen LogP contribution in [0.15, 0.2) is 36.4 Å². The second-order valence-corrected chi connectivity index (χ2v) is 4.36. The molecular weight excluding hydrogens is 272 g/mol. The molecule has 0 amide bonds. The molecule has 0 aliphatic heterocycles. The molecule has 0 atom stereocenters. The van der Waals surface area contributed by atoms with Crippen LogP contribution < -0.4 is 15.8 Å². The van der Waals surface area contributed by atoms with Crippen LogP contribution in [0, 0.1) is 17.0 Å². The Morgan fingerprint density at radius 1 is 1.29 bits per heavy atom. The fourth-order valence-corrected chi connectivity index (χ4v) is 1.74. The van der Waals surface area contributed by atoms with Gasteiger partial charge in [-0.25, -0.2) is 4.98 Å². The van der Waals surface area contributed by atoms with E-state index in [-0.39, 0.29) is 11.5 Å². The zero-order valence-electron chi connectivity index (χ0n) is 11.6. The smallest absolute Gasteiger partial charge is 0.311 e. The highest BCUT2D eigenvalue weighted by atomic mass is 16.6. The highest BCUT2D eigenvalue weighted by molar-refractivity contribution is 5.65. The molecule has 7 heteroatoms. The normalized spacial score (nSPS) is 10.2. The summed E-state index contributed by atoms with van der Waals surface area (Å²) in [5.74, 6) is 0.910. The van der Waals surface area contributed by atoms with Gasteiger partial charge in [0.1, 0.15) is 12.4 Å². The van der Waals surface area contributed by atoms with Crippen molar-refractivity contribution >= 4 is 17.2 Å². The molecule has 1 heterocycles. The first-order valence-electron chi connectivity index (χ1n) is 6.42. The summed E-state index contributed by atoms with van der Waals surface area (Å²) in [6.07, 6.45) is 0. The number of nitro groups is 1. The third-order valence-corrected chi connectivity index (χ3v) is 2.71. The maximum atomic E-state index is 11.0. The standard InChI is InChI=1S/C14H16N4O3/c1-10-2-7-13(18(19)20)14(16-10)17-11-3-5-12(6-4-11)21-9-8-15/h2-7H,8-9,15H2,1H3,(H,16,17). The minimum absolute atomic E-state index is 0.0657. The molecule has 3 N–H and O–H groups in total. The van der Waals surface area contributed by atoms with Gasteiger partial charge in [-0.15, -0.1) is 0 Å². The maximum absolute atomic E-state index is 11.0. The van der Waals surface area contributed by atoms with Gasteiger partial charge < -0.3 is 15.8 Å². The first kappa shape index (κ1) is 14.7. The zero-order valence-corrected chi connectivity index (χ0v) is 11.6. The van der Waals surface area contributed by atoms with Crippen LogP contribution in [0.1, 0.15) is 5.69 Å². The topological polar surface area (TPSA) is 103 Å². The van der Waals surface area contributed by atoms with Crippen molar-refractivity contribution in [3.8, 4) is 5.75 Å². The van der Waals surface area contributed by atoms with E-state index in [4.69, 9.17) is 10.5 Å². The van der Waals surface area contributed by atoms with Crippen LogP contribution in [0.5, 0.6) is 5.75 Å². The molecule has 110 valence electrons. The number of benzene rings is 1. The van der Waals surface area contributed by atoms with Crippen LogP contribution in [0.3, 0.4) is 0 Å². The van der Waals surface area contributed by atoms with Crippen molar-refractivity contribution in [2.75, 3.05) is 18.5 Å². The molecule has 0 spiro atoms. The number of hydrogen-bond donors (Lipinski definition) is 2. The van der Waals surface area contributed by atoms with Crippen LogP contribution in [-0.2, 0) is 0 Å². The monoisotopic (exact) mass is 288 g/mol. The number of aryl methyl sites for hydroxylation is 1. The van der Waals surface area contributed by atoms with Crippen molar-refractivity contribution in [2.24, 2.45) is 5.73 Å². The molecular formula is C14H16N4O3. The van der Waals surface area contributed by atoms with Gasteiger partial charge in [0.25, 0.3) is 0 Å². The zero-order chi connectivity index (χ0) is 15.2. The Bertz CT molecular complexity index is 629. The SMILES string of the molecule is Cc1ccc([N+](=O)[O-])c(Nc2ccc(OCCN)cc2)n1. The van der Waals surface area contributed by atoms with Gasteiger partial charge in [0.05, 0.1) is 4.92 Å². The molecule has 7 nitrogen and oxygen atoms in total. The van der Waals surface area contributed by atoms with Gasteiger partial charge in [-0.3, -0.25) is 10.1 Å². The maximum Gasteiger partial charge on any atom is 0.311 e. The van der Waals surface area contributed by atoms with E-state index in [2.05, 4.69) is 10.3 Å². The van der Waals surface area contributed by atoms with Crippen LogP contribution in [-0.4, -0.2) is 23.1 Å². The first-order valence-corrected chi connectivity index (χ1v) is 6.42. The fourth-order valence-electron chi connectivity index (χ4n) is 1.74. The van der Waals surface area contributed by atoms with Gasteiger partial charge in [-0.2, -0.15) is 0 Å². The van der Waals surface area contributed by atoms with Crippen molar-refractivity contribution < 1.29 is 9.66 Å². The molecule has 1 aromatic heterocycles. The van der Waals surface area contributed by atoms with Crippen molar-refractivity contribution in [2.45, 2.75) is 6.92 Å². The van der Waals surface area contributed by atoms with Crippen LogP contribution in [0.25, 0.3) is 0 Å². The average Bonchev–Trinajstić information content (AvgIpc) is 2.46. The molecule has 0 bridgehead atoms. The lowest BCUT2D eigenvalue weighted by Gasteiger charge is -2.08. The lowest BCUT2D eigenvalue weighted by atomic mass is 10.3. The number of pyridine rings is 1. The largest absolute Gasteiger partial charge is 0.492 e. The third-order valence-electron chi connectivity index (χ3n) is 2.71. The molecule has 0 unspecified atom stereocenters. The predicted octanol–water partition coefficient (Wildman–Crippen LogP) is 2.38. The molecule has 1 aromatic carbocycles. The van der Waals surface area contributed by atoms with E-state index in [0.717, 1.165) is 0 Å². The molecule has 2 aromatic rings. The number of hydrogen-bond acceptors (Lipinski definition) is 6. The number of anilines is 2. The van der Waals surface area contributed by atoms with Gasteiger partial charge in [0.15, 0.2) is 0 Å². The quantitative estimate of drug-likeness (QED) is 0.624. The van der Waals surface area contributed by atoms with E-state index in [1.165, 1.54) is 6.07 Å². The minimum atomic E-state index is -0.465. The molecule has 0 fully saturated rings. The summed E-state index contributed by atoms with van der Waals surface area (Å²) in [7, 11) is 0. The fraction of sp³-hybridized carbons (Fsp3) is 0.214. The Morgan fingerprint density at radius 3 is 2.62 bits per heavy atom. The van der Waals surface area contributed by atoms with Crippen molar-refractivity contribution in [3.05, 3.63) is 52.2 Å². The number of nitrogens with one attached hydrogen (secondary N) is 1. The van der Waals surface area contributed by atoms with E-state index in [9.17, 15) is 10.1 Å². The number of aromatic nitrogens is 1. The van der Waals surface area contributed by atoms with E-state index in [1.807, 2.05) is 0 Å². The van der Waals surface area contributed by atoms with Gasteiger partial charge in [-0.1, -0.05) is 0 Å². The molecule has 0 aliphatic carbocycles. The summed E-state index contributed by atoms with van der Waals surface area (Å²) >= 11 is 0. The Morgan fingerprint density at radius 2 is 2.00 bits per heavy atom. The second kappa shape index (κ2) is 6.67. The van der Waals surface area contributed by atoms with E-state index in [0.29, 0.717) is 30.3 Å². The Labute approximate surface area is 121 Å². The molecule has 0 radical (unpaired) electrons. The number of nitrogens with zero attached hydrogens (tertiary/aromatic N) is 2. The first-order chi connectivity index (χ1) is 10.1. The number of rotatable bonds is 6. The van der Waals surface area contributed by atoms with Gasteiger partial charge in [-0.05, 0) is 37.3 Å². The van der Waals surface area contributed by atoms with E-state index >= 15 is 0 Å². The Kier molecular flexibility index (Phi) is 4.68. The van der Waals surface area contributed by atoms with Crippen molar-refractivity contribution in [1.82, 2.24) is 4.98 Å². The Hall–Kier alpha value is -2.67. The summed E-state index contributed by atoms with van der Waals surface area (Å²) < 4.78 is 5.36. The molecule has 0 aliphatic rings. The molecule has 21 heavy (non-hydrogen) atoms. The molecule has 0 saturated carbocycles. The summed E-state index contributed by atoms with van der Waals surface area (Å²) in [6.45, 7) is 2.66. The Balaban J connectivity index is 2.18.